The Hall–Kier alpha value is -0.610. The second kappa shape index (κ2) is 4.42. The number of hydrogen-bond acceptors (Lipinski definition) is 2. The third kappa shape index (κ3) is 2.46. The second-order valence-corrected chi connectivity index (χ2v) is 3.05. The molecular weight excluding hydrogens is 241 g/mol. The lowest BCUT2D eigenvalue weighted by molar-refractivity contribution is 1.15. The monoisotopic (exact) mass is 249 g/mol. The van der Waals surface area contributed by atoms with Gasteiger partial charge in [0.1, 0.15) is 11.5 Å². The molecule has 0 saturated carbocycles. The van der Waals surface area contributed by atoms with Gasteiger partial charge in [-0.15, -0.1) is 12.4 Å². The molecule has 1 heterocycles. The van der Waals surface area contributed by atoms with Crippen molar-refractivity contribution in [3.8, 4) is 0 Å². The van der Waals surface area contributed by atoms with Crippen molar-refractivity contribution in [3.63, 3.8) is 0 Å². The molecule has 5 heteroatoms. The largest absolute Gasteiger partial charge is 0.382 e. The molecule has 0 unspecified atom stereocenters. The Morgan fingerprint density at radius 3 is 2.58 bits per heavy atom. The first-order valence-electron chi connectivity index (χ1n) is 3.09. The summed E-state index contributed by atoms with van der Waals surface area (Å²) in [6, 6.07) is 3.69. The quantitative estimate of drug-likeness (QED) is 0.590. The van der Waals surface area contributed by atoms with E-state index in [0.29, 0.717) is 5.69 Å². The van der Waals surface area contributed by atoms with Crippen LogP contribution in [0.2, 0.25) is 0 Å². The highest BCUT2D eigenvalue weighted by atomic mass is 79.9. The Kier molecular flexibility index (Phi) is 4.20. The molecule has 1 aromatic rings. The van der Waals surface area contributed by atoms with E-state index >= 15 is 0 Å². The first kappa shape index (κ1) is 11.4. The number of nitrogens with two attached hydrogens (primary N) is 1. The summed E-state index contributed by atoms with van der Waals surface area (Å²) in [5, 5.41) is 7.16. The SMILES string of the molecule is Cc1ccc(Br)c(C(=N)N)n1.Cl. The molecule has 3 N–H and O–H groups in total. The van der Waals surface area contributed by atoms with Crippen molar-refractivity contribution in [2.24, 2.45) is 5.73 Å². The maximum atomic E-state index is 7.16. The van der Waals surface area contributed by atoms with Gasteiger partial charge in [0, 0.05) is 10.2 Å². The lowest BCUT2D eigenvalue weighted by atomic mass is 10.3. The van der Waals surface area contributed by atoms with Crippen molar-refractivity contribution in [2.45, 2.75) is 6.92 Å². The summed E-state index contributed by atoms with van der Waals surface area (Å²) in [6.45, 7) is 1.86. The molecule has 0 radical (unpaired) electrons. The van der Waals surface area contributed by atoms with Crippen LogP contribution in [0.5, 0.6) is 0 Å². The third-order valence-electron chi connectivity index (χ3n) is 1.24. The summed E-state index contributed by atoms with van der Waals surface area (Å²) >= 11 is 3.25. The summed E-state index contributed by atoms with van der Waals surface area (Å²) in [4.78, 5) is 4.08. The molecular formula is C7H9BrClN3. The highest BCUT2D eigenvalue weighted by Crippen LogP contribution is 2.13. The van der Waals surface area contributed by atoms with E-state index in [0.717, 1.165) is 10.2 Å². The van der Waals surface area contributed by atoms with Crippen LogP contribution in [-0.4, -0.2) is 10.8 Å². The van der Waals surface area contributed by atoms with Gasteiger partial charge in [0.2, 0.25) is 0 Å². The predicted molar refractivity (Wildman–Crippen MR) is 54.9 cm³/mol. The van der Waals surface area contributed by atoms with Crippen molar-refractivity contribution < 1.29 is 0 Å². The van der Waals surface area contributed by atoms with Crippen LogP contribution in [0.15, 0.2) is 16.6 Å². The van der Waals surface area contributed by atoms with Gasteiger partial charge in [-0.2, -0.15) is 0 Å². The standard InChI is InChI=1S/C7H8BrN3.ClH/c1-4-2-3-5(8)6(11-4)7(9)10;/h2-3H,1H3,(H3,9,10);1H. The summed E-state index contributed by atoms with van der Waals surface area (Å²) in [6.07, 6.45) is 0. The zero-order chi connectivity index (χ0) is 8.43. The van der Waals surface area contributed by atoms with Gasteiger partial charge in [0.05, 0.1) is 0 Å². The van der Waals surface area contributed by atoms with Gasteiger partial charge in [-0.05, 0) is 35.0 Å². The van der Waals surface area contributed by atoms with Gasteiger partial charge >= 0.3 is 0 Å². The molecule has 1 rings (SSSR count). The Bertz CT molecular complexity index is 301. The van der Waals surface area contributed by atoms with Crippen molar-refractivity contribution in [2.75, 3.05) is 0 Å². The van der Waals surface area contributed by atoms with Crippen LogP contribution in [0.25, 0.3) is 0 Å². The number of rotatable bonds is 1. The summed E-state index contributed by atoms with van der Waals surface area (Å²) in [7, 11) is 0. The first-order valence-corrected chi connectivity index (χ1v) is 3.88. The fourth-order valence-electron chi connectivity index (χ4n) is 0.729. The fourth-order valence-corrected chi connectivity index (χ4v) is 1.16. The number of nitrogens with one attached hydrogen (secondary N) is 1. The zero-order valence-electron chi connectivity index (χ0n) is 6.47. The maximum absolute atomic E-state index is 7.16. The highest BCUT2D eigenvalue weighted by molar-refractivity contribution is 9.10. The van der Waals surface area contributed by atoms with E-state index in [1.165, 1.54) is 0 Å². The molecule has 0 saturated heterocycles. The van der Waals surface area contributed by atoms with Crippen LogP contribution in [0.4, 0.5) is 0 Å². The third-order valence-corrected chi connectivity index (χ3v) is 1.88. The minimum Gasteiger partial charge on any atom is -0.382 e. The zero-order valence-corrected chi connectivity index (χ0v) is 8.87. The van der Waals surface area contributed by atoms with Crippen molar-refractivity contribution in [3.05, 3.63) is 28.0 Å². The molecule has 0 aliphatic rings. The van der Waals surface area contributed by atoms with E-state index in [-0.39, 0.29) is 18.2 Å². The molecule has 0 amide bonds. The lowest BCUT2D eigenvalue weighted by Crippen LogP contribution is -2.14. The van der Waals surface area contributed by atoms with E-state index in [1.54, 1.807) is 0 Å². The number of nitrogens with zero attached hydrogens (tertiary/aromatic N) is 1. The van der Waals surface area contributed by atoms with Crippen LogP contribution in [-0.2, 0) is 0 Å². The Labute approximate surface area is 85.4 Å². The molecule has 12 heavy (non-hydrogen) atoms. The maximum Gasteiger partial charge on any atom is 0.142 e. The molecule has 3 nitrogen and oxygen atoms in total. The summed E-state index contributed by atoms with van der Waals surface area (Å²) in [5.74, 6) is -0.0134. The first-order chi connectivity index (χ1) is 5.11. The minimum absolute atomic E-state index is 0. The Morgan fingerprint density at radius 2 is 2.17 bits per heavy atom. The number of hydrogen-bond donors (Lipinski definition) is 2. The van der Waals surface area contributed by atoms with Crippen LogP contribution in [0.1, 0.15) is 11.4 Å². The van der Waals surface area contributed by atoms with Crippen LogP contribution in [0.3, 0.4) is 0 Å². The van der Waals surface area contributed by atoms with Gasteiger partial charge in [-0.25, -0.2) is 4.98 Å². The lowest BCUT2D eigenvalue weighted by Gasteiger charge is -2.00. The molecule has 0 spiro atoms. The Balaban J connectivity index is 0.00000121. The van der Waals surface area contributed by atoms with Crippen LogP contribution >= 0.6 is 28.3 Å². The molecule has 1 aromatic heterocycles. The molecule has 0 aliphatic carbocycles. The molecule has 66 valence electrons. The Morgan fingerprint density at radius 1 is 1.58 bits per heavy atom. The van der Waals surface area contributed by atoms with E-state index in [1.807, 2.05) is 19.1 Å². The van der Waals surface area contributed by atoms with Gasteiger partial charge in [0.15, 0.2) is 0 Å². The number of amidine groups is 1. The van der Waals surface area contributed by atoms with Crippen LogP contribution in [0, 0.1) is 12.3 Å². The molecule has 0 aliphatic heterocycles. The highest BCUT2D eigenvalue weighted by Gasteiger charge is 2.03. The smallest absolute Gasteiger partial charge is 0.142 e. The molecule has 0 atom stereocenters. The topological polar surface area (TPSA) is 62.8 Å². The molecule has 0 fully saturated rings. The number of aromatic nitrogens is 1. The van der Waals surface area contributed by atoms with Gasteiger partial charge in [0.25, 0.3) is 0 Å². The second-order valence-electron chi connectivity index (χ2n) is 2.20. The molecule has 0 aromatic carbocycles. The average molecular weight is 251 g/mol. The van der Waals surface area contributed by atoms with Crippen LogP contribution < -0.4 is 5.73 Å². The van der Waals surface area contributed by atoms with Gasteiger partial charge in [-0.3, -0.25) is 5.41 Å². The van der Waals surface area contributed by atoms with E-state index in [4.69, 9.17) is 11.1 Å². The average Bonchev–Trinajstić information content (AvgIpc) is 1.94. The van der Waals surface area contributed by atoms with Crippen molar-refractivity contribution in [1.82, 2.24) is 4.98 Å². The van der Waals surface area contributed by atoms with Gasteiger partial charge in [-0.1, -0.05) is 0 Å². The predicted octanol–water partition coefficient (Wildman–Crippen LogP) is 1.86. The van der Waals surface area contributed by atoms with Crippen molar-refractivity contribution >= 4 is 34.2 Å². The van der Waals surface area contributed by atoms with E-state index in [2.05, 4.69) is 20.9 Å². The van der Waals surface area contributed by atoms with E-state index in [9.17, 15) is 0 Å². The molecule has 0 bridgehead atoms. The van der Waals surface area contributed by atoms with Gasteiger partial charge < -0.3 is 5.73 Å². The number of nitrogen functional groups attached to an aromatic ring is 1. The normalized spacial score (nSPS) is 8.83. The number of halogens is 2. The minimum atomic E-state index is -0.0134. The number of pyridine rings is 1. The summed E-state index contributed by atoms with van der Waals surface area (Å²) < 4.78 is 0.760. The summed E-state index contributed by atoms with van der Waals surface area (Å²) in [5.41, 5.74) is 6.64. The van der Waals surface area contributed by atoms with Crippen molar-refractivity contribution in [1.29, 1.82) is 5.41 Å². The fraction of sp³-hybridized carbons (Fsp3) is 0.143. The van der Waals surface area contributed by atoms with E-state index < -0.39 is 0 Å². The number of aryl methyl sites for hydroxylation is 1.